The van der Waals surface area contributed by atoms with Crippen LogP contribution in [0.2, 0.25) is 0 Å². The monoisotopic (exact) mass is 202 g/mol. The highest BCUT2D eigenvalue weighted by atomic mass is 15.0. The molecule has 80 valence electrons. The smallest absolute Gasteiger partial charge is 0.139 e. The predicted octanol–water partition coefficient (Wildman–Crippen LogP) is 3.18. The minimum absolute atomic E-state index is 0.173. The first-order valence-electron chi connectivity index (χ1n) is 5.32. The highest BCUT2D eigenvalue weighted by molar-refractivity contribution is 5.82. The Morgan fingerprint density at radius 3 is 2.53 bits per heavy atom. The Labute approximate surface area is 90.9 Å². The van der Waals surface area contributed by atoms with Gasteiger partial charge in [0.1, 0.15) is 5.65 Å². The molecule has 2 aromatic heterocycles. The molecule has 2 aromatic rings. The molecule has 0 saturated carbocycles. The number of pyridine rings is 1. The Morgan fingerprint density at radius 2 is 1.93 bits per heavy atom. The standard InChI is InChI=1S/C13H18N2/c1-9-8-14-12-10(6-7-15(12)5)11(9)13(2,3)4/h6-8H,1-5H3. The molecule has 0 aliphatic carbocycles. The fourth-order valence-corrected chi connectivity index (χ4v) is 2.31. The summed E-state index contributed by atoms with van der Waals surface area (Å²) in [5, 5.41) is 1.28. The summed E-state index contributed by atoms with van der Waals surface area (Å²) in [5.41, 5.74) is 3.94. The quantitative estimate of drug-likeness (QED) is 0.641. The van der Waals surface area contributed by atoms with Gasteiger partial charge in [-0.25, -0.2) is 4.98 Å². The summed E-state index contributed by atoms with van der Waals surface area (Å²) in [5.74, 6) is 0. The molecular weight excluding hydrogens is 184 g/mol. The number of hydrogen-bond acceptors (Lipinski definition) is 1. The Kier molecular flexibility index (Phi) is 2.10. The molecule has 2 nitrogen and oxygen atoms in total. The maximum Gasteiger partial charge on any atom is 0.139 e. The summed E-state index contributed by atoms with van der Waals surface area (Å²) in [7, 11) is 2.04. The van der Waals surface area contributed by atoms with Gasteiger partial charge in [0.05, 0.1) is 0 Å². The maximum atomic E-state index is 4.48. The lowest BCUT2D eigenvalue weighted by Crippen LogP contribution is -2.14. The van der Waals surface area contributed by atoms with Gasteiger partial charge in [0.2, 0.25) is 0 Å². The van der Waals surface area contributed by atoms with Gasteiger partial charge in [-0.15, -0.1) is 0 Å². The first-order valence-corrected chi connectivity index (χ1v) is 5.32. The van der Waals surface area contributed by atoms with Crippen LogP contribution in [0.25, 0.3) is 11.0 Å². The van der Waals surface area contributed by atoms with Crippen LogP contribution in [0.3, 0.4) is 0 Å². The van der Waals surface area contributed by atoms with Crippen molar-refractivity contribution in [2.24, 2.45) is 7.05 Å². The van der Waals surface area contributed by atoms with Gasteiger partial charge in [0, 0.05) is 24.8 Å². The third kappa shape index (κ3) is 1.54. The number of nitrogens with zero attached hydrogens (tertiary/aromatic N) is 2. The summed E-state index contributed by atoms with van der Waals surface area (Å²) in [4.78, 5) is 4.48. The van der Waals surface area contributed by atoms with E-state index < -0.39 is 0 Å². The zero-order valence-corrected chi connectivity index (χ0v) is 10.1. The first kappa shape index (κ1) is 10.2. The van der Waals surface area contributed by atoms with Gasteiger partial charge in [-0.05, 0) is 29.5 Å². The molecule has 0 amide bonds. The van der Waals surface area contributed by atoms with E-state index in [-0.39, 0.29) is 5.41 Å². The Bertz CT molecular complexity index is 501. The van der Waals surface area contributed by atoms with Crippen LogP contribution in [0.15, 0.2) is 18.5 Å². The second-order valence-corrected chi connectivity index (χ2v) is 5.23. The molecule has 0 N–H and O–H groups in total. The number of hydrogen-bond donors (Lipinski definition) is 0. The molecule has 0 spiro atoms. The van der Waals surface area contributed by atoms with Gasteiger partial charge in [0.25, 0.3) is 0 Å². The fourth-order valence-electron chi connectivity index (χ4n) is 2.31. The van der Waals surface area contributed by atoms with Gasteiger partial charge in [0.15, 0.2) is 0 Å². The topological polar surface area (TPSA) is 17.8 Å². The van der Waals surface area contributed by atoms with Crippen molar-refractivity contribution in [3.8, 4) is 0 Å². The van der Waals surface area contributed by atoms with Crippen LogP contribution in [0.4, 0.5) is 0 Å². The van der Waals surface area contributed by atoms with Crippen molar-refractivity contribution in [1.82, 2.24) is 9.55 Å². The largest absolute Gasteiger partial charge is 0.336 e. The van der Waals surface area contributed by atoms with E-state index in [4.69, 9.17) is 0 Å². The zero-order chi connectivity index (χ0) is 11.2. The fraction of sp³-hybridized carbons (Fsp3) is 0.462. The Morgan fingerprint density at radius 1 is 1.27 bits per heavy atom. The molecule has 0 aliphatic rings. The third-order valence-corrected chi connectivity index (χ3v) is 2.83. The third-order valence-electron chi connectivity index (χ3n) is 2.83. The average molecular weight is 202 g/mol. The number of fused-ring (bicyclic) bond motifs is 1. The van der Waals surface area contributed by atoms with Gasteiger partial charge < -0.3 is 4.57 Å². The summed E-state index contributed by atoms with van der Waals surface area (Å²) in [6, 6.07) is 2.16. The van der Waals surface area contributed by atoms with E-state index in [1.54, 1.807) is 0 Å². The number of rotatable bonds is 0. The molecule has 15 heavy (non-hydrogen) atoms. The molecule has 0 aromatic carbocycles. The van der Waals surface area contributed by atoms with Crippen molar-refractivity contribution in [2.45, 2.75) is 33.1 Å². The van der Waals surface area contributed by atoms with Crippen molar-refractivity contribution in [2.75, 3.05) is 0 Å². The van der Waals surface area contributed by atoms with E-state index in [9.17, 15) is 0 Å². The zero-order valence-electron chi connectivity index (χ0n) is 10.1. The number of aromatic nitrogens is 2. The van der Waals surface area contributed by atoms with Crippen molar-refractivity contribution in [3.63, 3.8) is 0 Å². The molecule has 2 rings (SSSR count). The van der Waals surface area contributed by atoms with E-state index in [0.29, 0.717) is 0 Å². The molecule has 0 saturated heterocycles. The second-order valence-electron chi connectivity index (χ2n) is 5.23. The van der Waals surface area contributed by atoms with E-state index in [1.807, 2.05) is 13.2 Å². The summed E-state index contributed by atoms with van der Waals surface area (Å²) < 4.78 is 2.07. The lowest BCUT2D eigenvalue weighted by Gasteiger charge is -2.22. The van der Waals surface area contributed by atoms with Gasteiger partial charge in [-0.3, -0.25) is 0 Å². The second kappa shape index (κ2) is 3.09. The minimum Gasteiger partial charge on any atom is -0.336 e. The maximum absolute atomic E-state index is 4.48. The van der Waals surface area contributed by atoms with Gasteiger partial charge in [-0.2, -0.15) is 0 Å². The van der Waals surface area contributed by atoms with E-state index in [0.717, 1.165) is 5.65 Å². The summed E-state index contributed by atoms with van der Waals surface area (Å²) >= 11 is 0. The normalized spacial score (nSPS) is 12.3. The van der Waals surface area contributed by atoms with Crippen LogP contribution in [0, 0.1) is 6.92 Å². The van der Waals surface area contributed by atoms with Crippen LogP contribution in [0.5, 0.6) is 0 Å². The van der Waals surface area contributed by atoms with Crippen LogP contribution < -0.4 is 0 Å². The molecule has 0 atom stereocenters. The highest BCUT2D eigenvalue weighted by Crippen LogP contribution is 2.31. The van der Waals surface area contributed by atoms with E-state index in [1.165, 1.54) is 16.5 Å². The van der Waals surface area contributed by atoms with Crippen LogP contribution in [0.1, 0.15) is 31.9 Å². The average Bonchev–Trinajstić information content (AvgIpc) is 2.45. The molecule has 0 aliphatic heterocycles. The Hall–Kier alpha value is -1.31. The van der Waals surface area contributed by atoms with Crippen LogP contribution in [-0.4, -0.2) is 9.55 Å². The van der Waals surface area contributed by atoms with Crippen molar-refractivity contribution in [1.29, 1.82) is 0 Å². The molecular formula is C13H18N2. The van der Waals surface area contributed by atoms with Gasteiger partial charge in [-0.1, -0.05) is 20.8 Å². The predicted molar refractivity (Wildman–Crippen MR) is 64.2 cm³/mol. The van der Waals surface area contributed by atoms with Crippen LogP contribution >= 0.6 is 0 Å². The molecule has 2 heteroatoms. The van der Waals surface area contributed by atoms with E-state index in [2.05, 4.69) is 49.5 Å². The number of aryl methyl sites for hydroxylation is 2. The summed E-state index contributed by atoms with van der Waals surface area (Å²) in [6.45, 7) is 8.89. The van der Waals surface area contributed by atoms with Crippen molar-refractivity contribution in [3.05, 3.63) is 29.6 Å². The highest BCUT2D eigenvalue weighted by Gasteiger charge is 2.20. The minimum atomic E-state index is 0.173. The first-order chi connectivity index (χ1) is 6.91. The summed E-state index contributed by atoms with van der Waals surface area (Å²) in [6.07, 6.45) is 4.05. The molecule has 2 heterocycles. The molecule has 0 radical (unpaired) electrons. The Balaban J connectivity index is 2.87. The van der Waals surface area contributed by atoms with Gasteiger partial charge >= 0.3 is 0 Å². The molecule has 0 unspecified atom stereocenters. The lowest BCUT2D eigenvalue weighted by atomic mass is 9.83. The molecule has 0 bridgehead atoms. The molecule has 0 fully saturated rings. The SMILES string of the molecule is Cc1cnc2c(ccn2C)c1C(C)(C)C. The van der Waals surface area contributed by atoms with Crippen molar-refractivity contribution >= 4 is 11.0 Å². The van der Waals surface area contributed by atoms with Crippen molar-refractivity contribution < 1.29 is 0 Å². The van der Waals surface area contributed by atoms with Crippen LogP contribution in [-0.2, 0) is 12.5 Å². The lowest BCUT2D eigenvalue weighted by molar-refractivity contribution is 0.591. The van der Waals surface area contributed by atoms with E-state index >= 15 is 0 Å².